The minimum Gasteiger partial charge on any atom is -0.490 e. The third kappa shape index (κ3) is 10.8. The van der Waals surface area contributed by atoms with Crippen molar-refractivity contribution in [3.8, 4) is 17.2 Å². The SMILES string of the molecule is CCCCCCOc1cc(Cn2cc[n+](C)c2)cc(OCCCCCC)c1OCCCCCC. The predicted molar refractivity (Wildman–Crippen MR) is 140 cm³/mol. The Morgan fingerprint density at radius 2 is 1.18 bits per heavy atom. The van der Waals surface area contributed by atoms with Gasteiger partial charge in [0.1, 0.15) is 18.9 Å². The molecule has 0 bridgehead atoms. The summed E-state index contributed by atoms with van der Waals surface area (Å²) >= 11 is 0. The second kappa shape index (κ2) is 17.3. The highest BCUT2D eigenvalue weighted by molar-refractivity contribution is 5.54. The molecule has 0 aliphatic heterocycles. The number of hydrogen-bond donors (Lipinski definition) is 0. The first-order chi connectivity index (χ1) is 16.7. The molecule has 0 atom stereocenters. The summed E-state index contributed by atoms with van der Waals surface area (Å²) in [5.41, 5.74) is 1.17. The van der Waals surface area contributed by atoms with Crippen LogP contribution in [0.3, 0.4) is 0 Å². The molecule has 0 unspecified atom stereocenters. The van der Waals surface area contributed by atoms with E-state index >= 15 is 0 Å². The van der Waals surface area contributed by atoms with Crippen molar-refractivity contribution in [1.29, 1.82) is 0 Å². The number of unbranched alkanes of at least 4 members (excludes halogenated alkanes) is 9. The zero-order valence-corrected chi connectivity index (χ0v) is 22.3. The largest absolute Gasteiger partial charge is 0.490 e. The number of nitrogens with zero attached hydrogens (tertiary/aromatic N) is 2. The molecule has 0 amide bonds. The van der Waals surface area contributed by atoms with Crippen LogP contribution < -0.4 is 18.8 Å². The molecule has 2 rings (SSSR count). The smallest absolute Gasteiger partial charge is 0.243 e. The zero-order chi connectivity index (χ0) is 24.4. The van der Waals surface area contributed by atoms with Crippen molar-refractivity contribution in [2.45, 2.75) is 104 Å². The second-order valence-corrected chi connectivity index (χ2v) is 9.40. The zero-order valence-electron chi connectivity index (χ0n) is 22.3. The van der Waals surface area contributed by atoms with Crippen molar-refractivity contribution in [2.75, 3.05) is 19.8 Å². The highest BCUT2D eigenvalue weighted by Gasteiger charge is 2.17. The summed E-state index contributed by atoms with van der Waals surface area (Å²) in [6.45, 7) is 9.61. The molecular formula is C29H49N2O3+. The Hall–Kier alpha value is -2.17. The fourth-order valence-electron chi connectivity index (χ4n) is 4.01. The molecule has 34 heavy (non-hydrogen) atoms. The molecular weight excluding hydrogens is 424 g/mol. The molecule has 5 heteroatoms. The quantitative estimate of drug-likeness (QED) is 0.150. The summed E-state index contributed by atoms with van der Waals surface area (Å²) in [4.78, 5) is 0. The van der Waals surface area contributed by atoms with Gasteiger partial charge in [0.05, 0.1) is 26.9 Å². The number of aryl methyl sites for hydroxylation is 1. The van der Waals surface area contributed by atoms with Gasteiger partial charge in [0.2, 0.25) is 12.1 Å². The van der Waals surface area contributed by atoms with Gasteiger partial charge in [-0.25, -0.2) is 9.13 Å². The first kappa shape index (κ1) is 28.1. The van der Waals surface area contributed by atoms with Crippen molar-refractivity contribution in [1.82, 2.24) is 4.57 Å². The number of benzene rings is 1. The molecule has 5 nitrogen and oxygen atoms in total. The minimum absolute atomic E-state index is 0.700. The van der Waals surface area contributed by atoms with E-state index in [-0.39, 0.29) is 0 Å². The van der Waals surface area contributed by atoms with Gasteiger partial charge < -0.3 is 14.2 Å². The van der Waals surface area contributed by atoms with Gasteiger partial charge in [-0.05, 0) is 31.4 Å². The van der Waals surface area contributed by atoms with Crippen LogP contribution in [0.25, 0.3) is 0 Å². The molecule has 0 aliphatic rings. The van der Waals surface area contributed by atoms with Crippen molar-refractivity contribution in [2.24, 2.45) is 7.05 Å². The Morgan fingerprint density at radius 1 is 0.676 bits per heavy atom. The maximum atomic E-state index is 6.32. The van der Waals surface area contributed by atoms with Crippen LogP contribution in [0.5, 0.6) is 17.2 Å². The molecule has 0 radical (unpaired) electrons. The van der Waals surface area contributed by atoms with E-state index < -0.39 is 0 Å². The third-order valence-electron chi connectivity index (χ3n) is 6.02. The van der Waals surface area contributed by atoms with E-state index in [1.54, 1.807) is 0 Å². The Morgan fingerprint density at radius 3 is 1.62 bits per heavy atom. The van der Waals surface area contributed by atoms with Crippen LogP contribution in [-0.4, -0.2) is 24.4 Å². The number of rotatable bonds is 20. The Bertz CT molecular complexity index is 752. The van der Waals surface area contributed by atoms with Gasteiger partial charge in [-0.15, -0.1) is 0 Å². The van der Waals surface area contributed by atoms with Crippen molar-refractivity contribution < 1.29 is 18.8 Å². The molecule has 0 saturated carbocycles. The van der Waals surface area contributed by atoms with Gasteiger partial charge in [-0.2, -0.15) is 0 Å². The number of aromatic nitrogens is 2. The molecule has 1 aromatic carbocycles. The lowest BCUT2D eigenvalue weighted by Gasteiger charge is -2.19. The highest BCUT2D eigenvalue weighted by Crippen LogP contribution is 2.40. The van der Waals surface area contributed by atoms with Gasteiger partial charge >= 0.3 is 0 Å². The lowest BCUT2D eigenvalue weighted by atomic mass is 10.1. The highest BCUT2D eigenvalue weighted by atomic mass is 16.5. The molecule has 0 spiro atoms. The van der Waals surface area contributed by atoms with E-state index in [2.05, 4.69) is 60.8 Å². The number of hydrogen-bond acceptors (Lipinski definition) is 3. The summed E-state index contributed by atoms with van der Waals surface area (Å²) < 4.78 is 23.2. The summed E-state index contributed by atoms with van der Waals surface area (Å²) in [6, 6.07) is 4.29. The molecule has 0 fully saturated rings. The first-order valence-corrected chi connectivity index (χ1v) is 13.7. The number of ether oxygens (including phenoxy) is 3. The van der Waals surface area contributed by atoms with Crippen molar-refractivity contribution in [3.63, 3.8) is 0 Å². The van der Waals surface area contributed by atoms with E-state index in [1.165, 1.54) is 63.4 Å². The third-order valence-corrected chi connectivity index (χ3v) is 6.02. The van der Waals surface area contributed by atoms with Crippen LogP contribution in [0.2, 0.25) is 0 Å². The molecule has 0 saturated heterocycles. The molecule has 0 N–H and O–H groups in total. The maximum absolute atomic E-state index is 6.32. The average molecular weight is 474 g/mol. The van der Waals surface area contributed by atoms with Crippen molar-refractivity contribution >= 4 is 0 Å². The normalized spacial score (nSPS) is 11.1. The average Bonchev–Trinajstić information content (AvgIpc) is 3.24. The Kier molecular flexibility index (Phi) is 14.3. The van der Waals surface area contributed by atoms with Crippen LogP contribution in [0.4, 0.5) is 0 Å². The summed E-state index contributed by atoms with van der Waals surface area (Å²) in [5.74, 6) is 2.43. The molecule has 2 aromatic rings. The molecule has 0 aliphatic carbocycles. The standard InChI is InChI=1S/C29H49N2O3/c1-5-8-11-14-19-32-27-22-26(24-31-18-17-30(4)25-31)23-28(33-20-15-12-9-6-2)29(27)34-21-16-13-10-7-3/h17-18,22-23,25H,5-16,19-21,24H2,1-4H3/q+1. The maximum Gasteiger partial charge on any atom is 0.243 e. The van der Waals surface area contributed by atoms with Crippen LogP contribution in [0.15, 0.2) is 30.9 Å². The Balaban J connectivity index is 2.20. The van der Waals surface area contributed by atoms with Crippen LogP contribution in [0.1, 0.15) is 103 Å². The van der Waals surface area contributed by atoms with E-state index in [0.717, 1.165) is 43.1 Å². The topological polar surface area (TPSA) is 36.5 Å². The van der Waals surface area contributed by atoms with Gasteiger partial charge in [0.25, 0.3) is 0 Å². The predicted octanol–water partition coefficient (Wildman–Crippen LogP) is 7.24. The van der Waals surface area contributed by atoms with Crippen LogP contribution in [0, 0.1) is 0 Å². The summed E-state index contributed by atoms with van der Waals surface area (Å²) in [5, 5.41) is 0. The van der Waals surface area contributed by atoms with Crippen LogP contribution in [-0.2, 0) is 13.6 Å². The Labute approximate surface area is 208 Å². The molecule has 1 aromatic heterocycles. The lowest BCUT2D eigenvalue weighted by molar-refractivity contribution is -0.671. The van der Waals surface area contributed by atoms with E-state index in [9.17, 15) is 0 Å². The van der Waals surface area contributed by atoms with Gasteiger partial charge in [-0.1, -0.05) is 78.6 Å². The number of imidazole rings is 1. The van der Waals surface area contributed by atoms with Gasteiger partial charge in [-0.3, -0.25) is 0 Å². The van der Waals surface area contributed by atoms with E-state index in [0.29, 0.717) is 19.8 Å². The van der Waals surface area contributed by atoms with E-state index in [4.69, 9.17) is 14.2 Å². The van der Waals surface area contributed by atoms with Crippen LogP contribution >= 0.6 is 0 Å². The fourth-order valence-corrected chi connectivity index (χ4v) is 4.01. The van der Waals surface area contributed by atoms with Gasteiger partial charge in [0, 0.05) is 5.56 Å². The van der Waals surface area contributed by atoms with E-state index in [1.807, 2.05) is 7.05 Å². The second-order valence-electron chi connectivity index (χ2n) is 9.40. The lowest BCUT2D eigenvalue weighted by Crippen LogP contribution is -2.23. The summed E-state index contributed by atoms with van der Waals surface area (Å²) in [7, 11) is 2.04. The molecule has 1 heterocycles. The molecule has 192 valence electrons. The first-order valence-electron chi connectivity index (χ1n) is 13.7. The minimum atomic E-state index is 0.700. The summed E-state index contributed by atoms with van der Waals surface area (Å²) in [6.07, 6.45) is 20.5. The monoisotopic (exact) mass is 473 g/mol. The van der Waals surface area contributed by atoms with Crippen molar-refractivity contribution in [3.05, 3.63) is 36.4 Å². The fraction of sp³-hybridized carbons (Fsp3) is 0.690. The van der Waals surface area contributed by atoms with Gasteiger partial charge in [0.15, 0.2) is 11.5 Å².